The van der Waals surface area contributed by atoms with Gasteiger partial charge in [0.05, 0.1) is 0 Å². The van der Waals surface area contributed by atoms with E-state index < -0.39 is 0 Å². The highest BCUT2D eigenvalue weighted by atomic mass is 35.5. The van der Waals surface area contributed by atoms with Gasteiger partial charge in [0.15, 0.2) is 0 Å². The summed E-state index contributed by atoms with van der Waals surface area (Å²) in [4.78, 5) is 0. The molecule has 1 N–H and O–H groups in total. The van der Waals surface area contributed by atoms with Crippen LogP contribution < -0.4 is 5.32 Å². The average molecular weight is 280 g/mol. The van der Waals surface area contributed by atoms with Gasteiger partial charge in [0.25, 0.3) is 0 Å². The zero-order valence-electron chi connectivity index (χ0n) is 12.2. The van der Waals surface area contributed by atoms with Gasteiger partial charge in [0.2, 0.25) is 0 Å². The molecule has 0 saturated heterocycles. The third-order valence-corrected chi connectivity index (χ3v) is 4.98. The third kappa shape index (κ3) is 3.73. The molecule has 3 atom stereocenters. The highest BCUT2D eigenvalue weighted by molar-refractivity contribution is 6.31. The second-order valence-corrected chi connectivity index (χ2v) is 6.19. The third-order valence-electron chi connectivity index (χ3n) is 4.64. The number of benzene rings is 1. The summed E-state index contributed by atoms with van der Waals surface area (Å²) in [6.07, 6.45) is 5.32. The molecule has 0 heterocycles. The molecule has 19 heavy (non-hydrogen) atoms. The maximum atomic E-state index is 6.43. The Morgan fingerprint density at radius 1 is 1.21 bits per heavy atom. The summed E-state index contributed by atoms with van der Waals surface area (Å²) in [5, 5.41) is 4.48. The Balaban J connectivity index is 2.17. The summed E-state index contributed by atoms with van der Waals surface area (Å²) < 4.78 is 0. The fourth-order valence-corrected chi connectivity index (χ4v) is 3.70. The Kier molecular flexibility index (Phi) is 5.72. The summed E-state index contributed by atoms with van der Waals surface area (Å²) in [6.45, 7) is 6.69. The maximum absolute atomic E-state index is 6.43. The Morgan fingerprint density at radius 2 is 2.00 bits per heavy atom. The maximum Gasteiger partial charge on any atom is 0.0440 e. The van der Waals surface area contributed by atoms with Gasteiger partial charge in [-0.1, -0.05) is 56.5 Å². The molecule has 1 fully saturated rings. The zero-order valence-corrected chi connectivity index (χ0v) is 12.9. The molecule has 0 spiro atoms. The lowest BCUT2D eigenvalue weighted by Gasteiger charge is -2.37. The fourth-order valence-electron chi connectivity index (χ4n) is 3.42. The fraction of sp³-hybridized carbons (Fsp3) is 0.647. The van der Waals surface area contributed by atoms with Gasteiger partial charge < -0.3 is 5.32 Å². The molecule has 1 aromatic carbocycles. The molecule has 0 aliphatic heterocycles. The molecule has 0 radical (unpaired) electrons. The number of hydrogen-bond donors (Lipinski definition) is 1. The number of nitrogens with one attached hydrogen (secondary N) is 1. The lowest BCUT2D eigenvalue weighted by molar-refractivity contribution is 0.226. The van der Waals surface area contributed by atoms with Crippen LogP contribution in [0.3, 0.4) is 0 Å². The number of rotatable bonds is 5. The zero-order chi connectivity index (χ0) is 13.7. The summed E-state index contributed by atoms with van der Waals surface area (Å²) in [5.41, 5.74) is 1.37. The van der Waals surface area contributed by atoms with Crippen LogP contribution in [0.1, 0.15) is 51.0 Å². The van der Waals surface area contributed by atoms with E-state index >= 15 is 0 Å². The Labute approximate surface area is 122 Å². The van der Waals surface area contributed by atoms with Crippen molar-refractivity contribution in [3.63, 3.8) is 0 Å². The van der Waals surface area contributed by atoms with E-state index in [1.807, 2.05) is 12.1 Å². The van der Waals surface area contributed by atoms with E-state index in [0.717, 1.165) is 29.9 Å². The van der Waals surface area contributed by atoms with Gasteiger partial charge in [-0.3, -0.25) is 0 Å². The Hall–Kier alpha value is -0.530. The van der Waals surface area contributed by atoms with Crippen molar-refractivity contribution in [1.29, 1.82) is 0 Å². The van der Waals surface area contributed by atoms with Gasteiger partial charge in [-0.2, -0.15) is 0 Å². The molecule has 3 unspecified atom stereocenters. The quantitative estimate of drug-likeness (QED) is 0.812. The smallest absolute Gasteiger partial charge is 0.0440 e. The van der Waals surface area contributed by atoms with E-state index in [2.05, 4.69) is 31.3 Å². The van der Waals surface area contributed by atoms with Crippen LogP contribution in [-0.2, 0) is 0 Å². The van der Waals surface area contributed by atoms with Crippen LogP contribution >= 0.6 is 11.6 Å². The van der Waals surface area contributed by atoms with E-state index in [1.54, 1.807) is 0 Å². The number of halogens is 1. The van der Waals surface area contributed by atoms with Crippen LogP contribution in [0.15, 0.2) is 24.3 Å². The van der Waals surface area contributed by atoms with Crippen molar-refractivity contribution in [2.45, 2.75) is 45.4 Å². The first-order valence-corrected chi connectivity index (χ1v) is 8.09. The topological polar surface area (TPSA) is 12.0 Å². The van der Waals surface area contributed by atoms with E-state index in [-0.39, 0.29) is 0 Å². The van der Waals surface area contributed by atoms with Crippen molar-refractivity contribution in [3.8, 4) is 0 Å². The van der Waals surface area contributed by atoms with Crippen molar-refractivity contribution in [2.75, 3.05) is 13.1 Å². The van der Waals surface area contributed by atoms with Crippen LogP contribution in [0.2, 0.25) is 5.02 Å². The summed E-state index contributed by atoms with van der Waals surface area (Å²) in [5.74, 6) is 2.24. The van der Waals surface area contributed by atoms with E-state index in [0.29, 0.717) is 5.92 Å². The average Bonchev–Trinajstić information content (AvgIpc) is 2.45. The predicted molar refractivity (Wildman–Crippen MR) is 83.9 cm³/mol. The van der Waals surface area contributed by atoms with Crippen molar-refractivity contribution < 1.29 is 0 Å². The van der Waals surface area contributed by atoms with Crippen molar-refractivity contribution in [2.24, 2.45) is 11.8 Å². The largest absolute Gasteiger partial charge is 0.317 e. The van der Waals surface area contributed by atoms with Gasteiger partial charge in [-0.15, -0.1) is 0 Å². The van der Waals surface area contributed by atoms with Gasteiger partial charge in [0.1, 0.15) is 0 Å². The molecular weight excluding hydrogens is 254 g/mol. The Bertz CT molecular complexity index is 391. The van der Waals surface area contributed by atoms with Gasteiger partial charge >= 0.3 is 0 Å². The summed E-state index contributed by atoms with van der Waals surface area (Å²) in [6, 6.07) is 8.42. The predicted octanol–water partition coefficient (Wildman–Crippen LogP) is 4.86. The van der Waals surface area contributed by atoms with Gasteiger partial charge in [0, 0.05) is 5.02 Å². The SMILES string of the molecule is CCNCC1CCC(CC)CC1c1ccccc1Cl. The second-order valence-electron chi connectivity index (χ2n) is 5.78. The minimum Gasteiger partial charge on any atom is -0.317 e. The standard InChI is InChI=1S/C17H26ClN/c1-3-13-9-10-14(12-19-4-2)16(11-13)15-7-5-6-8-17(15)18/h5-8,13-14,16,19H,3-4,9-12H2,1-2H3. The van der Waals surface area contributed by atoms with Crippen LogP contribution in [0, 0.1) is 11.8 Å². The molecule has 1 nitrogen and oxygen atoms in total. The second kappa shape index (κ2) is 7.31. The van der Waals surface area contributed by atoms with Crippen LogP contribution in [0.25, 0.3) is 0 Å². The lowest BCUT2D eigenvalue weighted by atomic mass is 9.70. The van der Waals surface area contributed by atoms with E-state index in [4.69, 9.17) is 11.6 Å². The van der Waals surface area contributed by atoms with E-state index in [1.165, 1.54) is 31.2 Å². The minimum atomic E-state index is 0.631. The first kappa shape index (κ1) is 14.9. The Morgan fingerprint density at radius 3 is 2.68 bits per heavy atom. The molecule has 0 bridgehead atoms. The van der Waals surface area contributed by atoms with Crippen molar-refractivity contribution >= 4 is 11.6 Å². The summed E-state index contributed by atoms with van der Waals surface area (Å²) in [7, 11) is 0. The highest BCUT2D eigenvalue weighted by Crippen LogP contribution is 2.43. The molecular formula is C17H26ClN. The molecule has 0 amide bonds. The molecule has 2 rings (SSSR count). The molecule has 1 aromatic rings. The first-order valence-electron chi connectivity index (χ1n) is 7.71. The van der Waals surface area contributed by atoms with Crippen LogP contribution in [-0.4, -0.2) is 13.1 Å². The van der Waals surface area contributed by atoms with Crippen molar-refractivity contribution in [1.82, 2.24) is 5.32 Å². The van der Waals surface area contributed by atoms with Crippen molar-refractivity contribution in [3.05, 3.63) is 34.9 Å². The normalized spacial score (nSPS) is 27.4. The van der Waals surface area contributed by atoms with E-state index in [9.17, 15) is 0 Å². The molecule has 1 aliphatic carbocycles. The molecule has 1 aliphatic rings. The molecule has 106 valence electrons. The minimum absolute atomic E-state index is 0.631. The van der Waals surface area contributed by atoms with Crippen LogP contribution in [0.4, 0.5) is 0 Å². The molecule has 2 heteroatoms. The highest BCUT2D eigenvalue weighted by Gasteiger charge is 2.31. The van der Waals surface area contributed by atoms with Gasteiger partial charge in [-0.05, 0) is 55.3 Å². The molecule has 0 aromatic heterocycles. The van der Waals surface area contributed by atoms with Gasteiger partial charge in [-0.25, -0.2) is 0 Å². The molecule has 1 saturated carbocycles. The summed E-state index contributed by atoms with van der Waals surface area (Å²) >= 11 is 6.43. The van der Waals surface area contributed by atoms with Crippen LogP contribution in [0.5, 0.6) is 0 Å². The first-order chi connectivity index (χ1) is 9.26. The lowest BCUT2D eigenvalue weighted by Crippen LogP contribution is -2.32. The number of hydrogen-bond acceptors (Lipinski definition) is 1. The monoisotopic (exact) mass is 279 g/mol.